The summed E-state index contributed by atoms with van der Waals surface area (Å²) >= 11 is 5.89. The van der Waals surface area contributed by atoms with Crippen molar-refractivity contribution >= 4 is 29.1 Å². The van der Waals surface area contributed by atoms with Crippen molar-refractivity contribution in [3.8, 4) is 0 Å². The molecule has 1 N–H and O–H groups in total. The fourth-order valence-corrected chi connectivity index (χ4v) is 3.53. The van der Waals surface area contributed by atoms with Gasteiger partial charge in [0.15, 0.2) is 0 Å². The van der Waals surface area contributed by atoms with E-state index in [9.17, 15) is 19.1 Å². The van der Waals surface area contributed by atoms with Crippen molar-refractivity contribution in [2.75, 3.05) is 0 Å². The number of carbonyl (C=O) groups excluding carboxylic acids is 2. The number of nitrogens with zero attached hydrogens (tertiary/aromatic N) is 1. The molecular weight excluding hydrogens is 397 g/mol. The molecule has 1 aliphatic rings. The quantitative estimate of drug-likeness (QED) is 0.384. The van der Waals surface area contributed by atoms with Crippen LogP contribution in [0.4, 0.5) is 4.39 Å². The van der Waals surface area contributed by atoms with Gasteiger partial charge in [-0.1, -0.05) is 23.7 Å². The van der Waals surface area contributed by atoms with E-state index in [1.165, 1.54) is 29.4 Å². The van der Waals surface area contributed by atoms with E-state index in [0.29, 0.717) is 21.9 Å². The van der Waals surface area contributed by atoms with Gasteiger partial charge in [0.05, 0.1) is 24.4 Å². The van der Waals surface area contributed by atoms with E-state index in [1.807, 2.05) is 0 Å². The van der Waals surface area contributed by atoms with Crippen molar-refractivity contribution in [1.29, 1.82) is 0 Å². The highest BCUT2D eigenvalue weighted by molar-refractivity contribution is 6.46. The number of ketones is 1. The topological polar surface area (TPSA) is 70.8 Å². The molecule has 0 radical (unpaired) electrons. The number of Topliss-reactive ketones (excluding diaryl/α,β-unsaturated/α-hetero) is 1. The van der Waals surface area contributed by atoms with Crippen LogP contribution in [0.1, 0.15) is 22.9 Å². The van der Waals surface area contributed by atoms with Crippen molar-refractivity contribution in [2.24, 2.45) is 0 Å². The molecule has 2 aromatic carbocycles. The van der Waals surface area contributed by atoms with E-state index in [2.05, 4.69) is 0 Å². The number of halogens is 2. The van der Waals surface area contributed by atoms with E-state index >= 15 is 0 Å². The fourth-order valence-electron chi connectivity index (χ4n) is 3.40. The zero-order valence-corrected chi connectivity index (χ0v) is 15.8. The van der Waals surface area contributed by atoms with Gasteiger partial charge < -0.3 is 14.4 Å². The Bertz CT molecular complexity index is 1110. The zero-order valence-electron chi connectivity index (χ0n) is 15.0. The van der Waals surface area contributed by atoms with Crippen LogP contribution in [0.2, 0.25) is 5.02 Å². The Morgan fingerprint density at radius 2 is 1.86 bits per heavy atom. The second-order valence-electron chi connectivity index (χ2n) is 6.57. The summed E-state index contributed by atoms with van der Waals surface area (Å²) in [5, 5.41) is 11.3. The molecule has 0 unspecified atom stereocenters. The molecule has 0 spiro atoms. The third-order valence-electron chi connectivity index (χ3n) is 4.73. The lowest BCUT2D eigenvalue weighted by Crippen LogP contribution is -2.29. The SMILES string of the molecule is O=C1C(=O)N(Cc2ccco2)[C@@H](c2cccc(F)c2)C1=C(O)c1ccc(Cl)cc1. The number of hydrogen-bond acceptors (Lipinski definition) is 4. The molecule has 0 aliphatic carbocycles. The van der Waals surface area contributed by atoms with Gasteiger partial charge in [0, 0.05) is 10.6 Å². The molecule has 0 bridgehead atoms. The summed E-state index contributed by atoms with van der Waals surface area (Å²) in [5.41, 5.74) is 0.576. The fraction of sp³-hybridized carbons (Fsp3) is 0.0909. The average Bonchev–Trinajstić information content (AvgIpc) is 3.30. The predicted octanol–water partition coefficient (Wildman–Crippen LogP) is 4.69. The van der Waals surface area contributed by atoms with Gasteiger partial charge in [-0.2, -0.15) is 0 Å². The Labute approximate surface area is 170 Å². The number of carbonyl (C=O) groups is 2. The van der Waals surface area contributed by atoms with Gasteiger partial charge in [0.1, 0.15) is 17.3 Å². The second-order valence-corrected chi connectivity index (χ2v) is 7.00. The van der Waals surface area contributed by atoms with E-state index in [4.69, 9.17) is 16.0 Å². The summed E-state index contributed by atoms with van der Waals surface area (Å²) < 4.78 is 19.2. The number of aliphatic hydroxyl groups is 1. The molecule has 7 heteroatoms. The molecular formula is C22H15ClFNO4. The Morgan fingerprint density at radius 1 is 1.10 bits per heavy atom. The van der Waals surface area contributed by atoms with Gasteiger partial charge >= 0.3 is 0 Å². The number of benzene rings is 2. The van der Waals surface area contributed by atoms with Crippen LogP contribution in [0.3, 0.4) is 0 Å². The first-order valence-corrected chi connectivity index (χ1v) is 9.15. The number of hydrogen-bond donors (Lipinski definition) is 1. The number of aliphatic hydroxyl groups excluding tert-OH is 1. The van der Waals surface area contributed by atoms with Gasteiger partial charge in [0.25, 0.3) is 11.7 Å². The Balaban J connectivity index is 1.87. The van der Waals surface area contributed by atoms with Crippen LogP contribution < -0.4 is 0 Å². The van der Waals surface area contributed by atoms with Gasteiger partial charge in [-0.05, 0) is 54.1 Å². The summed E-state index contributed by atoms with van der Waals surface area (Å²) in [5.74, 6) is -2.06. The maximum absolute atomic E-state index is 13.9. The Morgan fingerprint density at radius 3 is 2.52 bits per heavy atom. The number of likely N-dealkylation sites (tertiary alicyclic amines) is 1. The monoisotopic (exact) mass is 411 g/mol. The van der Waals surface area contributed by atoms with Crippen molar-refractivity contribution in [1.82, 2.24) is 4.90 Å². The molecule has 1 aromatic heterocycles. The van der Waals surface area contributed by atoms with Gasteiger partial charge in [-0.25, -0.2) is 4.39 Å². The molecule has 1 saturated heterocycles. The van der Waals surface area contributed by atoms with Crippen LogP contribution in [0.15, 0.2) is 76.9 Å². The lowest BCUT2D eigenvalue weighted by Gasteiger charge is -2.24. The highest BCUT2D eigenvalue weighted by atomic mass is 35.5. The molecule has 1 atom stereocenters. The lowest BCUT2D eigenvalue weighted by atomic mass is 9.95. The third-order valence-corrected chi connectivity index (χ3v) is 4.98. The number of furan rings is 1. The molecule has 2 heterocycles. The Hall–Kier alpha value is -3.38. The molecule has 3 aromatic rings. The second kappa shape index (κ2) is 7.56. The summed E-state index contributed by atoms with van der Waals surface area (Å²) in [4.78, 5) is 26.9. The summed E-state index contributed by atoms with van der Waals surface area (Å²) in [6, 6.07) is 14.2. The summed E-state index contributed by atoms with van der Waals surface area (Å²) in [6.45, 7) is -0.00382. The van der Waals surface area contributed by atoms with E-state index in [0.717, 1.165) is 0 Å². The first kappa shape index (κ1) is 19.0. The van der Waals surface area contributed by atoms with Gasteiger partial charge in [-0.3, -0.25) is 9.59 Å². The first-order valence-electron chi connectivity index (χ1n) is 8.78. The number of rotatable bonds is 4. The predicted molar refractivity (Wildman–Crippen MR) is 104 cm³/mol. The average molecular weight is 412 g/mol. The largest absolute Gasteiger partial charge is 0.507 e. The minimum atomic E-state index is -0.966. The molecule has 1 aliphatic heterocycles. The highest BCUT2D eigenvalue weighted by Gasteiger charge is 2.46. The van der Waals surface area contributed by atoms with E-state index < -0.39 is 23.5 Å². The van der Waals surface area contributed by atoms with Crippen LogP contribution in [0.5, 0.6) is 0 Å². The maximum atomic E-state index is 13.9. The van der Waals surface area contributed by atoms with Gasteiger partial charge in [-0.15, -0.1) is 0 Å². The van der Waals surface area contributed by atoms with Gasteiger partial charge in [0.2, 0.25) is 0 Å². The van der Waals surface area contributed by atoms with Crippen LogP contribution in [-0.4, -0.2) is 21.7 Å². The van der Waals surface area contributed by atoms with E-state index in [1.54, 1.807) is 42.5 Å². The standard InChI is InChI=1S/C22H15ClFNO4/c23-15-8-6-13(7-9-15)20(26)18-19(14-3-1-4-16(24)11-14)25(22(28)21(18)27)12-17-5-2-10-29-17/h1-11,19,26H,12H2/t19-/m0/s1. The molecule has 29 heavy (non-hydrogen) atoms. The molecule has 1 fully saturated rings. The maximum Gasteiger partial charge on any atom is 0.296 e. The van der Waals surface area contributed by atoms with Crippen molar-refractivity contribution in [3.05, 3.63) is 100 Å². The van der Waals surface area contributed by atoms with Crippen LogP contribution in [0.25, 0.3) is 5.76 Å². The lowest BCUT2D eigenvalue weighted by molar-refractivity contribution is -0.140. The van der Waals surface area contributed by atoms with Crippen LogP contribution >= 0.6 is 11.6 Å². The van der Waals surface area contributed by atoms with Crippen molar-refractivity contribution in [3.63, 3.8) is 0 Å². The molecule has 1 amide bonds. The van der Waals surface area contributed by atoms with Crippen LogP contribution in [0, 0.1) is 5.82 Å². The first-order chi connectivity index (χ1) is 14.0. The molecule has 0 saturated carbocycles. The molecule has 146 valence electrons. The Kier molecular flexibility index (Phi) is 4.94. The smallest absolute Gasteiger partial charge is 0.296 e. The van der Waals surface area contributed by atoms with Crippen molar-refractivity contribution < 1.29 is 23.5 Å². The minimum absolute atomic E-state index is 0.00382. The minimum Gasteiger partial charge on any atom is -0.507 e. The van der Waals surface area contributed by atoms with E-state index in [-0.39, 0.29) is 17.9 Å². The highest BCUT2D eigenvalue weighted by Crippen LogP contribution is 2.40. The van der Waals surface area contributed by atoms with Crippen molar-refractivity contribution in [2.45, 2.75) is 12.6 Å². The van der Waals surface area contributed by atoms with Crippen LogP contribution in [-0.2, 0) is 16.1 Å². The number of amides is 1. The summed E-state index contributed by atoms with van der Waals surface area (Å²) in [7, 11) is 0. The molecule has 5 nitrogen and oxygen atoms in total. The third kappa shape index (κ3) is 3.54. The summed E-state index contributed by atoms with van der Waals surface area (Å²) in [6.07, 6.45) is 1.46. The zero-order chi connectivity index (χ0) is 20.5. The normalized spacial score (nSPS) is 18.4. The molecule has 4 rings (SSSR count).